The number of hydrogen-bond donors (Lipinski definition) is 1. The summed E-state index contributed by atoms with van der Waals surface area (Å²) in [5.74, 6) is 0.510. The quantitative estimate of drug-likeness (QED) is 0.740. The van der Waals surface area contributed by atoms with Gasteiger partial charge < -0.3 is 14.8 Å². The molecule has 1 aliphatic rings. The molecule has 1 fully saturated rings. The van der Waals surface area contributed by atoms with Crippen molar-refractivity contribution in [2.75, 3.05) is 20.8 Å². The van der Waals surface area contributed by atoms with E-state index in [9.17, 15) is 4.79 Å². The predicted octanol–water partition coefficient (Wildman–Crippen LogP) is 2.12. The van der Waals surface area contributed by atoms with E-state index in [1.54, 1.807) is 7.05 Å². The van der Waals surface area contributed by atoms with Crippen molar-refractivity contribution in [3.63, 3.8) is 0 Å². The van der Waals surface area contributed by atoms with Crippen LogP contribution in [-0.2, 0) is 14.3 Å². The Balaban J connectivity index is 2.45. The lowest BCUT2D eigenvalue weighted by Crippen LogP contribution is -2.52. The number of ether oxygens (including phenoxy) is 2. The first-order valence-electron chi connectivity index (χ1n) is 6.94. The van der Waals surface area contributed by atoms with Crippen LogP contribution in [0.4, 0.5) is 0 Å². The van der Waals surface area contributed by atoms with Crippen LogP contribution in [0.5, 0.6) is 0 Å². The first kappa shape index (κ1) is 15.4. The molecule has 0 aromatic carbocycles. The standard InChI is InChI=1S/C14H27NO3/c1-5-11-7-6-8-12(9-11)18-10-14(2,15-3)13(16)17-4/h11-12,15H,5-10H2,1-4H3. The molecule has 0 heterocycles. The van der Waals surface area contributed by atoms with Gasteiger partial charge in [-0.25, -0.2) is 4.79 Å². The third-order valence-corrected chi connectivity index (χ3v) is 4.11. The van der Waals surface area contributed by atoms with Gasteiger partial charge in [-0.3, -0.25) is 0 Å². The fourth-order valence-electron chi connectivity index (χ4n) is 2.51. The van der Waals surface area contributed by atoms with Crippen LogP contribution < -0.4 is 5.32 Å². The average molecular weight is 257 g/mol. The fraction of sp³-hybridized carbons (Fsp3) is 0.929. The molecule has 0 aromatic heterocycles. The zero-order chi connectivity index (χ0) is 13.6. The summed E-state index contributed by atoms with van der Waals surface area (Å²) in [4.78, 5) is 11.7. The zero-order valence-corrected chi connectivity index (χ0v) is 12.1. The second kappa shape index (κ2) is 7.10. The van der Waals surface area contributed by atoms with Crippen molar-refractivity contribution in [2.45, 2.75) is 57.6 Å². The Kier molecular flexibility index (Phi) is 6.09. The fourth-order valence-corrected chi connectivity index (χ4v) is 2.51. The number of hydrogen-bond acceptors (Lipinski definition) is 4. The Morgan fingerprint density at radius 3 is 2.72 bits per heavy atom. The molecule has 0 saturated heterocycles. The first-order chi connectivity index (χ1) is 8.55. The summed E-state index contributed by atoms with van der Waals surface area (Å²) >= 11 is 0. The number of likely N-dealkylation sites (N-methyl/N-ethyl adjacent to an activating group) is 1. The van der Waals surface area contributed by atoms with Crippen LogP contribution in [0.25, 0.3) is 0 Å². The molecule has 106 valence electrons. The summed E-state index contributed by atoms with van der Waals surface area (Å²) < 4.78 is 10.7. The van der Waals surface area contributed by atoms with Gasteiger partial charge in [0.25, 0.3) is 0 Å². The molecule has 0 spiro atoms. The molecule has 3 unspecified atom stereocenters. The minimum absolute atomic E-state index is 0.271. The zero-order valence-electron chi connectivity index (χ0n) is 12.1. The highest BCUT2D eigenvalue weighted by molar-refractivity contribution is 5.80. The van der Waals surface area contributed by atoms with E-state index >= 15 is 0 Å². The summed E-state index contributed by atoms with van der Waals surface area (Å²) in [5, 5.41) is 2.99. The SMILES string of the molecule is CCC1CCCC(OCC(C)(NC)C(=O)OC)C1. The monoisotopic (exact) mass is 257 g/mol. The molecular weight excluding hydrogens is 230 g/mol. The average Bonchev–Trinajstić information content (AvgIpc) is 2.44. The lowest BCUT2D eigenvalue weighted by molar-refractivity contribution is -0.151. The summed E-state index contributed by atoms with van der Waals surface area (Å²) in [5.41, 5.74) is -0.742. The Morgan fingerprint density at radius 2 is 2.17 bits per heavy atom. The van der Waals surface area contributed by atoms with Gasteiger partial charge in [-0.15, -0.1) is 0 Å². The van der Waals surface area contributed by atoms with E-state index in [1.165, 1.54) is 26.4 Å². The van der Waals surface area contributed by atoms with Crippen molar-refractivity contribution in [3.05, 3.63) is 0 Å². The van der Waals surface area contributed by atoms with E-state index in [1.807, 2.05) is 6.92 Å². The highest BCUT2D eigenvalue weighted by atomic mass is 16.5. The van der Waals surface area contributed by atoms with Gasteiger partial charge in [-0.05, 0) is 32.7 Å². The lowest BCUT2D eigenvalue weighted by atomic mass is 9.85. The number of nitrogens with one attached hydrogen (secondary N) is 1. The Bertz CT molecular complexity index is 270. The molecular formula is C14H27NO3. The molecule has 0 radical (unpaired) electrons. The van der Waals surface area contributed by atoms with Gasteiger partial charge in [0.1, 0.15) is 5.54 Å². The number of carbonyl (C=O) groups excluding carboxylic acids is 1. The van der Waals surface area contributed by atoms with E-state index < -0.39 is 5.54 Å². The molecule has 4 heteroatoms. The minimum atomic E-state index is -0.742. The largest absolute Gasteiger partial charge is 0.468 e. The highest BCUT2D eigenvalue weighted by Gasteiger charge is 2.34. The smallest absolute Gasteiger partial charge is 0.328 e. The molecule has 0 aromatic rings. The van der Waals surface area contributed by atoms with Crippen molar-refractivity contribution in [1.29, 1.82) is 0 Å². The summed E-state index contributed by atoms with van der Waals surface area (Å²) in [6, 6.07) is 0. The lowest BCUT2D eigenvalue weighted by Gasteiger charge is -2.32. The molecule has 18 heavy (non-hydrogen) atoms. The van der Waals surface area contributed by atoms with Gasteiger partial charge in [-0.2, -0.15) is 0 Å². The molecule has 3 atom stereocenters. The van der Waals surface area contributed by atoms with Crippen LogP contribution in [0.3, 0.4) is 0 Å². The van der Waals surface area contributed by atoms with Crippen molar-refractivity contribution < 1.29 is 14.3 Å². The molecule has 1 rings (SSSR count). The van der Waals surface area contributed by atoms with Crippen molar-refractivity contribution >= 4 is 5.97 Å². The van der Waals surface area contributed by atoms with Crippen molar-refractivity contribution in [2.24, 2.45) is 5.92 Å². The van der Waals surface area contributed by atoms with Gasteiger partial charge in [0, 0.05) is 0 Å². The van der Waals surface area contributed by atoms with Gasteiger partial charge >= 0.3 is 5.97 Å². The predicted molar refractivity (Wildman–Crippen MR) is 71.5 cm³/mol. The topological polar surface area (TPSA) is 47.6 Å². The van der Waals surface area contributed by atoms with E-state index in [0.717, 1.165) is 18.8 Å². The molecule has 0 amide bonds. The minimum Gasteiger partial charge on any atom is -0.468 e. The van der Waals surface area contributed by atoms with Crippen LogP contribution in [0, 0.1) is 5.92 Å². The number of rotatable bonds is 6. The highest BCUT2D eigenvalue weighted by Crippen LogP contribution is 2.28. The third-order valence-electron chi connectivity index (χ3n) is 4.11. The van der Waals surface area contributed by atoms with Gasteiger partial charge in [0.05, 0.1) is 19.8 Å². The van der Waals surface area contributed by atoms with Crippen molar-refractivity contribution in [3.8, 4) is 0 Å². The van der Waals surface area contributed by atoms with Crippen LogP contribution in [0.1, 0.15) is 46.0 Å². The van der Waals surface area contributed by atoms with E-state index in [-0.39, 0.29) is 5.97 Å². The summed E-state index contributed by atoms with van der Waals surface area (Å²) in [6.07, 6.45) is 6.30. The van der Waals surface area contributed by atoms with E-state index in [4.69, 9.17) is 9.47 Å². The van der Waals surface area contributed by atoms with Crippen LogP contribution in [0.15, 0.2) is 0 Å². The number of methoxy groups -OCH3 is 1. The van der Waals surface area contributed by atoms with E-state index in [0.29, 0.717) is 12.7 Å². The number of esters is 1. The second-order valence-corrected chi connectivity index (χ2v) is 5.45. The van der Waals surface area contributed by atoms with Crippen LogP contribution in [-0.4, -0.2) is 38.4 Å². The van der Waals surface area contributed by atoms with Crippen LogP contribution in [0.2, 0.25) is 0 Å². The Morgan fingerprint density at radius 1 is 1.44 bits per heavy atom. The third kappa shape index (κ3) is 3.95. The molecule has 1 aliphatic carbocycles. The molecule has 0 aliphatic heterocycles. The Hall–Kier alpha value is -0.610. The van der Waals surface area contributed by atoms with E-state index in [2.05, 4.69) is 12.2 Å². The summed E-state index contributed by atoms with van der Waals surface area (Å²) in [7, 11) is 3.17. The van der Waals surface area contributed by atoms with Gasteiger partial charge in [0.2, 0.25) is 0 Å². The van der Waals surface area contributed by atoms with Gasteiger partial charge in [-0.1, -0.05) is 26.2 Å². The maximum atomic E-state index is 11.7. The van der Waals surface area contributed by atoms with Gasteiger partial charge in [0.15, 0.2) is 0 Å². The number of carbonyl (C=O) groups is 1. The summed E-state index contributed by atoms with van der Waals surface area (Å²) in [6.45, 7) is 4.43. The maximum Gasteiger partial charge on any atom is 0.328 e. The maximum absolute atomic E-state index is 11.7. The molecule has 4 nitrogen and oxygen atoms in total. The second-order valence-electron chi connectivity index (χ2n) is 5.45. The molecule has 0 bridgehead atoms. The van der Waals surface area contributed by atoms with Crippen molar-refractivity contribution in [1.82, 2.24) is 5.32 Å². The molecule has 1 N–H and O–H groups in total. The van der Waals surface area contributed by atoms with Crippen LogP contribution >= 0.6 is 0 Å². The molecule has 1 saturated carbocycles. The Labute approximate surface area is 110 Å². The first-order valence-corrected chi connectivity index (χ1v) is 6.94. The normalized spacial score (nSPS) is 27.6.